The summed E-state index contributed by atoms with van der Waals surface area (Å²) >= 11 is 0. The van der Waals surface area contributed by atoms with Crippen LogP contribution in [0.3, 0.4) is 0 Å². The molecular weight excluding hydrogens is 271 g/mol. The molecule has 0 saturated heterocycles. The summed E-state index contributed by atoms with van der Waals surface area (Å²) < 4.78 is 34.4. The second kappa shape index (κ2) is 6.37. The average molecular weight is 286 g/mol. The van der Waals surface area contributed by atoms with E-state index in [-0.39, 0.29) is 34.5 Å². The van der Waals surface area contributed by atoms with Gasteiger partial charge < -0.3 is 4.55 Å². The van der Waals surface area contributed by atoms with Gasteiger partial charge in [0.1, 0.15) is 10.1 Å². The van der Waals surface area contributed by atoms with Gasteiger partial charge in [0.2, 0.25) is 0 Å². The van der Waals surface area contributed by atoms with Gasteiger partial charge in [0.05, 0.1) is 4.90 Å². The maximum Gasteiger partial charge on any atom is 1.00 e. The minimum absolute atomic E-state index is 0. The van der Waals surface area contributed by atoms with E-state index in [9.17, 15) is 13.0 Å². The molecule has 0 aliphatic heterocycles. The van der Waals surface area contributed by atoms with Crippen LogP contribution in [-0.4, -0.2) is 13.0 Å². The van der Waals surface area contributed by atoms with Crippen molar-refractivity contribution in [2.75, 3.05) is 0 Å². The quantitative estimate of drug-likeness (QED) is 0.583. The molecule has 0 radical (unpaired) electrons. The molecule has 96 valence electrons. The van der Waals surface area contributed by atoms with Gasteiger partial charge in [0.15, 0.2) is 0 Å². The summed E-state index contributed by atoms with van der Waals surface area (Å²) in [5.41, 5.74) is 1.64. The Morgan fingerprint density at radius 1 is 0.947 bits per heavy atom. The Labute approximate surface area is 136 Å². The van der Waals surface area contributed by atoms with E-state index in [0.29, 0.717) is 17.4 Å². The van der Waals surface area contributed by atoms with Crippen LogP contribution in [0.2, 0.25) is 0 Å². The molecule has 0 atom stereocenters. The van der Waals surface area contributed by atoms with Gasteiger partial charge in [-0.05, 0) is 34.7 Å². The van der Waals surface area contributed by atoms with Gasteiger partial charge in [-0.15, -0.1) is 0 Å². The summed E-state index contributed by atoms with van der Waals surface area (Å²) in [4.78, 5) is -0.0576. The SMILES string of the molecule is CCc1ccc2c(CC)cccc2c1S(=O)(=O)[O-].[Na+]. The van der Waals surface area contributed by atoms with Gasteiger partial charge in [-0.3, -0.25) is 0 Å². The van der Waals surface area contributed by atoms with Crippen molar-refractivity contribution in [1.29, 1.82) is 0 Å². The molecule has 0 aromatic heterocycles. The minimum Gasteiger partial charge on any atom is -0.744 e. The van der Waals surface area contributed by atoms with Crippen LogP contribution in [0.1, 0.15) is 25.0 Å². The molecular formula is C14H15NaO3S. The molecule has 0 spiro atoms. The van der Waals surface area contributed by atoms with Crippen molar-refractivity contribution >= 4 is 20.9 Å². The Bertz CT molecular complexity index is 693. The summed E-state index contributed by atoms with van der Waals surface area (Å²) in [6, 6.07) is 9.11. The third kappa shape index (κ3) is 3.20. The average Bonchev–Trinajstić information content (AvgIpc) is 2.35. The molecule has 2 aromatic rings. The van der Waals surface area contributed by atoms with Crippen LogP contribution in [0.4, 0.5) is 0 Å². The Balaban J connectivity index is 0.00000180. The standard InChI is InChI=1S/C14H16O3S.Na/c1-3-10-6-5-7-13-12(10)9-8-11(4-2)14(13)18(15,16)17;/h5-9H,3-4H2,1-2H3,(H,15,16,17);/q;+1/p-1. The first-order chi connectivity index (χ1) is 8.49. The van der Waals surface area contributed by atoms with Gasteiger partial charge in [-0.25, -0.2) is 8.42 Å². The first kappa shape index (κ1) is 16.7. The van der Waals surface area contributed by atoms with E-state index in [0.717, 1.165) is 17.4 Å². The minimum atomic E-state index is -4.45. The van der Waals surface area contributed by atoms with Crippen LogP contribution in [0.25, 0.3) is 10.8 Å². The Morgan fingerprint density at radius 2 is 1.58 bits per heavy atom. The van der Waals surface area contributed by atoms with Crippen molar-refractivity contribution in [2.45, 2.75) is 31.6 Å². The zero-order valence-electron chi connectivity index (χ0n) is 11.4. The molecule has 5 heteroatoms. The summed E-state index contributed by atoms with van der Waals surface area (Å²) in [6.07, 6.45) is 1.34. The van der Waals surface area contributed by atoms with Crippen LogP contribution < -0.4 is 29.6 Å². The number of hydrogen-bond acceptors (Lipinski definition) is 3. The summed E-state index contributed by atoms with van der Waals surface area (Å²) in [7, 11) is -4.45. The number of rotatable bonds is 3. The van der Waals surface area contributed by atoms with Gasteiger partial charge in [-0.1, -0.05) is 44.2 Å². The predicted octanol–water partition coefficient (Wildman–Crippen LogP) is -0.127. The van der Waals surface area contributed by atoms with Gasteiger partial charge in [0, 0.05) is 0 Å². The van der Waals surface area contributed by atoms with E-state index < -0.39 is 10.1 Å². The van der Waals surface area contributed by atoms with Crippen LogP contribution >= 0.6 is 0 Å². The maximum absolute atomic E-state index is 11.5. The van der Waals surface area contributed by atoms with Crippen LogP contribution in [0.15, 0.2) is 35.2 Å². The van der Waals surface area contributed by atoms with Crippen molar-refractivity contribution in [3.05, 3.63) is 41.5 Å². The topological polar surface area (TPSA) is 57.2 Å². The molecule has 0 bridgehead atoms. The predicted molar refractivity (Wildman–Crippen MR) is 70.7 cm³/mol. The molecule has 3 nitrogen and oxygen atoms in total. The van der Waals surface area contributed by atoms with Crippen molar-refractivity contribution in [2.24, 2.45) is 0 Å². The van der Waals surface area contributed by atoms with E-state index in [1.807, 2.05) is 26.0 Å². The summed E-state index contributed by atoms with van der Waals surface area (Å²) in [6.45, 7) is 3.85. The first-order valence-electron chi connectivity index (χ1n) is 5.98. The molecule has 0 aliphatic carbocycles. The van der Waals surface area contributed by atoms with E-state index in [2.05, 4.69) is 0 Å². The van der Waals surface area contributed by atoms with Crippen molar-refractivity contribution in [3.8, 4) is 0 Å². The zero-order valence-corrected chi connectivity index (χ0v) is 14.3. The second-order valence-electron chi connectivity index (χ2n) is 4.23. The monoisotopic (exact) mass is 286 g/mol. The number of hydrogen-bond donors (Lipinski definition) is 0. The van der Waals surface area contributed by atoms with Gasteiger partial charge >= 0.3 is 29.6 Å². The molecule has 0 N–H and O–H groups in total. The first-order valence-corrected chi connectivity index (χ1v) is 7.39. The number of benzene rings is 2. The Morgan fingerprint density at radius 3 is 2.11 bits per heavy atom. The fourth-order valence-corrected chi connectivity index (χ4v) is 3.30. The normalized spacial score (nSPS) is 11.3. The van der Waals surface area contributed by atoms with Crippen molar-refractivity contribution in [3.63, 3.8) is 0 Å². The molecule has 0 saturated carbocycles. The van der Waals surface area contributed by atoms with Crippen LogP contribution in [-0.2, 0) is 23.0 Å². The summed E-state index contributed by atoms with van der Waals surface area (Å²) in [5.74, 6) is 0. The largest absolute Gasteiger partial charge is 1.00 e. The molecule has 2 aromatic carbocycles. The number of fused-ring (bicyclic) bond motifs is 1. The van der Waals surface area contributed by atoms with Crippen LogP contribution in [0, 0.1) is 0 Å². The van der Waals surface area contributed by atoms with Gasteiger partial charge in [0.25, 0.3) is 0 Å². The fraction of sp³-hybridized carbons (Fsp3) is 0.286. The van der Waals surface area contributed by atoms with Crippen molar-refractivity contribution in [1.82, 2.24) is 0 Å². The van der Waals surface area contributed by atoms with Crippen LogP contribution in [0.5, 0.6) is 0 Å². The zero-order chi connectivity index (χ0) is 13.3. The number of aryl methyl sites for hydroxylation is 2. The Kier molecular flexibility index (Phi) is 5.59. The maximum atomic E-state index is 11.5. The molecule has 0 heterocycles. The van der Waals surface area contributed by atoms with E-state index in [1.54, 1.807) is 18.2 Å². The fourth-order valence-electron chi connectivity index (χ4n) is 2.32. The van der Waals surface area contributed by atoms with Gasteiger partial charge in [-0.2, -0.15) is 0 Å². The molecule has 0 fully saturated rings. The molecule has 0 unspecified atom stereocenters. The third-order valence-corrected chi connectivity index (χ3v) is 4.18. The molecule has 19 heavy (non-hydrogen) atoms. The third-order valence-electron chi connectivity index (χ3n) is 3.20. The molecule has 0 amide bonds. The van der Waals surface area contributed by atoms with E-state index in [1.165, 1.54) is 0 Å². The smallest absolute Gasteiger partial charge is 0.744 e. The molecule has 2 rings (SSSR count). The summed E-state index contributed by atoms with van der Waals surface area (Å²) in [5, 5.41) is 1.40. The van der Waals surface area contributed by atoms with E-state index in [4.69, 9.17) is 0 Å². The van der Waals surface area contributed by atoms with E-state index >= 15 is 0 Å². The molecule has 0 aliphatic rings. The second-order valence-corrected chi connectivity index (χ2v) is 5.54. The Hall–Kier alpha value is -0.390. The van der Waals surface area contributed by atoms with Crippen molar-refractivity contribution < 1.29 is 42.5 Å².